The van der Waals surface area contributed by atoms with Crippen molar-refractivity contribution in [1.82, 2.24) is 0 Å². The van der Waals surface area contributed by atoms with Crippen LogP contribution < -0.4 is 0 Å². The van der Waals surface area contributed by atoms with Gasteiger partial charge >= 0.3 is 0 Å². The first kappa shape index (κ1) is 4.68. The molecule has 0 bridgehead atoms. The largest absolute Gasteiger partial charge is 0.106 e. The predicted octanol–water partition coefficient (Wildman–Crippen LogP) is 0.213. The molecule has 0 saturated carbocycles. The van der Waals surface area contributed by atoms with E-state index in [-0.39, 0.29) is 0 Å². The van der Waals surface area contributed by atoms with Crippen LogP contribution in [0, 0.1) is 36.5 Å². The van der Waals surface area contributed by atoms with Crippen LogP contribution in [0.1, 0.15) is 0 Å². The molecule has 0 nitrogen and oxygen atoms in total. The maximum absolute atomic E-state index is 6.19. The molecule has 25 valence electrons. The van der Waals surface area contributed by atoms with E-state index in [2.05, 4.69) is 18.3 Å². The highest BCUT2D eigenvalue weighted by Gasteiger charge is 1.42. The topological polar surface area (TPSA) is 0 Å². The minimum atomic E-state index is 1.82. The van der Waals surface area contributed by atoms with Crippen LogP contribution in [-0.2, 0) is 0 Å². The lowest BCUT2D eigenvalue weighted by atomic mass is 10.6. The fraction of sp³-hybridized carbons (Fsp3) is 0. The van der Waals surface area contributed by atoms with Gasteiger partial charge in [0.15, 0.2) is 0 Å². The molecule has 0 rings (SSSR count). The van der Waals surface area contributed by atoms with E-state index in [4.69, 9.17) is 6.42 Å². The van der Waals surface area contributed by atoms with E-state index in [1.54, 1.807) is 0 Å². The Morgan fingerprint density at radius 3 is 2.17 bits per heavy atom. The van der Waals surface area contributed by atoms with Gasteiger partial charge in [0.25, 0.3) is 0 Å². The maximum Gasteiger partial charge on any atom is -0.00000000502 e. The molecule has 0 heterocycles. The number of hydrogen-bond donors (Lipinski definition) is 0. The highest BCUT2D eigenvalue weighted by Crippen LogP contribution is 1.43. The third kappa shape index (κ3) is 2.68. The van der Waals surface area contributed by atoms with Gasteiger partial charge in [-0.25, -0.2) is 0 Å². The van der Waals surface area contributed by atoms with E-state index < -0.39 is 0 Å². The van der Waals surface area contributed by atoms with E-state index in [1.807, 2.05) is 11.8 Å². The molecule has 0 aromatic heterocycles. The van der Waals surface area contributed by atoms with Crippen LogP contribution in [-0.4, -0.2) is 0 Å². The first-order valence-electron chi connectivity index (χ1n) is 1.29. The van der Waals surface area contributed by atoms with Crippen LogP contribution in [0.5, 0.6) is 0 Å². The fourth-order valence-electron chi connectivity index (χ4n) is 0.0673. The third-order valence-corrected chi connectivity index (χ3v) is 0.197. The van der Waals surface area contributed by atoms with Crippen LogP contribution in [0.15, 0.2) is 0 Å². The summed E-state index contributed by atoms with van der Waals surface area (Å²) < 4.78 is 0. The SMILES string of the molecule is [C]#CC#CC#C. The lowest BCUT2D eigenvalue weighted by molar-refractivity contribution is 2.43. The van der Waals surface area contributed by atoms with Crippen molar-refractivity contribution >= 4 is 0 Å². The average Bonchev–Trinajstić information content (AvgIpc) is 1.61. The Kier molecular flexibility index (Phi) is 2.87. The first-order valence-corrected chi connectivity index (χ1v) is 1.29. The standard InChI is InChI=1S/C6H/c1-3-5-6-4-2/h1H. The van der Waals surface area contributed by atoms with Crippen LogP contribution in [0.4, 0.5) is 0 Å². The fourth-order valence-corrected chi connectivity index (χ4v) is 0.0673. The van der Waals surface area contributed by atoms with Crippen LogP contribution in [0.2, 0.25) is 0 Å². The Morgan fingerprint density at radius 2 is 2.00 bits per heavy atom. The van der Waals surface area contributed by atoms with Crippen LogP contribution >= 0.6 is 0 Å². The zero-order valence-electron chi connectivity index (χ0n) is 3.08. The van der Waals surface area contributed by atoms with Gasteiger partial charge in [0, 0.05) is 0 Å². The Hall–Kier alpha value is -1.32. The smallest absolute Gasteiger partial charge is 0.00000000502 e. The van der Waals surface area contributed by atoms with Crippen molar-refractivity contribution in [3.8, 4) is 30.1 Å². The molecule has 0 aliphatic rings. The van der Waals surface area contributed by atoms with Crippen molar-refractivity contribution < 1.29 is 0 Å². The quantitative estimate of drug-likeness (QED) is 0.360. The van der Waals surface area contributed by atoms with E-state index in [0.717, 1.165) is 0 Å². The second-order valence-corrected chi connectivity index (χ2v) is 0.519. The number of rotatable bonds is 0. The van der Waals surface area contributed by atoms with Crippen LogP contribution in [0.3, 0.4) is 0 Å². The summed E-state index contributed by atoms with van der Waals surface area (Å²) in [4.78, 5) is 0. The highest BCUT2D eigenvalue weighted by atomic mass is 13.4. The van der Waals surface area contributed by atoms with Crippen molar-refractivity contribution in [2.24, 2.45) is 0 Å². The molecule has 0 fully saturated rings. The Morgan fingerprint density at radius 1 is 1.33 bits per heavy atom. The molecule has 0 spiro atoms. The summed E-state index contributed by atoms with van der Waals surface area (Å²) >= 11 is 0. The lowest BCUT2D eigenvalue weighted by Gasteiger charge is -1.43. The molecule has 0 atom stereocenters. The summed E-state index contributed by atoms with van der Waals surface area (Å²) in [7, 11) is 0. The minimum Gasteiger partial charge on any atom is -0.106 e. The van der Waals surface area contributed by atoms with Gasteiger partial charge in [-0.1, -0.05) is 0 Å². The summed E-state index contributed by atoms with van der Waals surface area (Å²) in [5.74, 6) is 8.15. The van der Waals surface area contributed by atoms with Crippen molar-refractivity contribution in [2.45, 2.75) is 0 Å². The molecular weight excluding hydrogens is 72.1 g/mol. The molecule has 0 aromatic carbocycles. The van der Waals surface area contributed by atoms with Gasteiger partial charge < -0.3 is 0 Å². The normalized spacial score (nSPS) is 3.00. The summed E-state index contributed by atoms with van der Waals surface area (Å²) in [5.41, 5.74) is 0. The molecule has 0 N–H and O–H groups in total. The molecule has 0 aromatic rings. The monoisotopic (exact) mass is 73.0 g/mol. The molecular formula is C6H. The summed E-state index contributed by atoms with van der Waals surface area (Å²) in [6, 6.07) is 0. The first-order chi connectivity index (χ1) is 2.91. The van der Waals surface area contributed by atoms with Crippen molar-refractivity contribution in [1.29, 1.82) is 0 Å². The van der Waals surface area contributed by atoms with Crippen LogP contribution in [0.25, 0.3) is 0 Å². The summed E-state index contributed by atoms with van der Waals surface area (Å²) in [5, 5.41) is 0. The van der Waals surface area contributed by atoms with E-state index in [1.165, 1.54) is 0 Å². The average molecular weight is 73.1 g/mol. The highest BCUT2D eigenvalue weighted by molar-refractivity contribution is 5.30. The molecule has 0 saturated heterocycles. The van der Waals surface area contributed by atoms with E-state index in [0.29, 0.717) is 0 Å². The predicted molar refractivity (Wildman–Crippen MR) is 23.7 cm³/mol. The van der Waals surface area contributed by atoms with Gasteiger partial charge in [-0.3, -0.25) is 0 Å². The molecule has 1 radical (unpaired) electrons. The molecule has 0 unspecified atom stereocenters. The minimum absolute atomic E-state index is 1.82. The lowest BCUT2D eigenvalue weighted by Crippen LogP contribution is -1.42. The van der Waals surface area contributed by atoms with Gasteiger partial charge in [-0.2, -0.15) is 0 Å². The third-order valence-electron chi connectivity index (χ3n) is 0.197. The molecule has 6 heavy (non-hydrogen) atoms. The number of terminal acetylenes is 1. The van der Waals surface area contributed by atoms with Gasteiger partial charge in [0.2, 0.25) is 0 Å². The zero-order valence-corrected chi connectivity index (χ0v) is 3.08. The molecule has 0 aliphatic heterocycles. The zero-order chi connectivity index (χ0) is 4.83. The maximum atomic E-state index is 6.19. The van der Waals surface area contributed by atoms with Crippen molar-refractivity contribution in [3.63, 3.8) is 0 Å². The van der Waals surface area contributed by atoms with Crippen molar-refractivity contribution in [2.75, 3.05) is 0 Å². The molecule has 0 amide bonds. The van der Waals surface area contributed by atoms with Crippen molar-refractivity contribution in [3.05, 3.63) is 6.42 Å². The van der Waals surface area contributed by atoms with Gasteiger partial charge in [0.05, 0.1) is 0 Å². The molecule has 0 aliphatic carbocycles. The van der Waals surface area contributed by atoms with Gasteiger partial charge in [-0.05, 0) is 30.1 Å². The second kappa shape index (κ2) is 3.68. The summed E-state index contributed by atoms with van der Waals surface area (Å²) in [6.45, 7) is 0. The summed E-state index contributed by atoms with van der Waals surface area (Å²) in [6.07, 6.45) is 10.9. The molecule has 0 heteroatoms. The Labute approximate surface area is 37.6 Å². The Balaban J connectivity index is 3.60. The second-order valence-electron chi connectivity index (χ2n) is 0.519. The van der Waals surface area contributed by atoms with E-state index >= 15 is 0 Å². The van der Waals surface area contributed by atoms with Gasteiger partial charge in [0.1, 0.15) is 0 Å². The Bertz CT molecular complexity index is 133. The van der Waals surface area contributed by atoms with E-state index in [9.17, 15) is 0 Å². The van der Waals surface area contributed by atoms with Gasteiger partial charge in [-0.15, -0.1) is 6.42 Å². The number of hydrogen-bond acceptors (Lipinski definition) is 0.